The number of aromatic amines is 1. The number of H-pyrrole nitrogens is 1. The van der Waals surface area contributed by atoms with Crippen LogP contribution in [-0.4, -0.2) is 64.6 Å². The van der Waals surface area contributed by atoms with Gasteiger partial charge >= 0.3 is 0 Å². The number of rotatable bonds is 4. The van der Waals surface area contributed by atoms with E-state index in [1.165, 1.54) is 11.3 Å². The molecule has 1 aromatic carbocycles. The maximum atomic E-state index is 13.0. The summed E-state index contributed by atoms with van der Waals surface area (Å²) in [6, 6.07) is 11.0. The van der Waals surface area contributed by atoms with Crippen LogP contribution in [0.5, 0.6) is 11.5 Å². The summed E-state index contributed by atoms with van der Waals surface area (Å²) < 4.78 is 17.0. The summed E-state index contributed by atoms with van der Waals surface area (Å²) in [4.78, 5) is 38.0. The van der Waals surface area contributed by atoms with Crippen LogP contribution >= 0.6 is 11.3 Å². The van der Waals surface area contributed by atoms with Crippen molar-refractivity contribution in [2.45, 2.75) is 12.6 Å². The fourth-order valence-corrected chi connectivity index (χ4v) is 5.31. The highest BCUT2D eigenvalue weighted by atomic mass is 32.1. The molecule has 0 radical (unpaired) electrons. The second-order valence-corrected chi connectivity index (χ2v) is 9.14. The molecule has 5 heterocycles. The zero-order valence-electron chi connectivity index (χ0n) is 18.2. The molecular weight excluding hydrogens is 456 g/mol. The molecule has 2 aliphatic heterocycles. The molecule has 2 aliphatic rings. The normalized spacial score (nSPS) is 18.4. The quantitative estimate of drug-likeness (QED) is 0.481. The van der Waals surface area contributed by atoms with Crippen LogP contribution in [0.2, 0.25) is 0 Å². The molecule has 9 nitrogen and oxygen atoms in total. The van der Waals surface area contributed by atoms with E-state index < -0.39 is 6.10 Å². The van der Waals surface area contributed by atoms with Gasteiger partial charge in [-0.3, -0.25) is 14.5 Å². The van der Waals surface area contributed by atoms with E-state index in [1.807, 2.05) is 40.6 Å². The number of furan rings is 1. The van der Waals surface area contributed by atoms with Crippen LogP contribution in [0.3, 0.4) is 0 Å². The predicted octanol–water partition coefficient (Wildman–Crippen LogP) is 2.73. The maximum absolute atomic E-state index is 13.0. The average Bonchev–Trinajstić information content (AvgIpc) is 3.54. The summed E-state index contributed by atoms with van der Waals surface area (Å²) in [5, 5.41) is 2.45. The first-order chi connectivity index (χ1) is 16.7. The number of carbonyl (C=O) groups excluding carboxylic acids is 1. The largest absolute Gasteiger partial charge is 0.485 e. The smallest absolute Gasteiger partial charge is 0.267 e. The first kappa shape index (κ1) is 20.9. The van der Waals surface area contributed by atoms with Crippen LogP contribution in [0.25, 0.3) is 21.5 Å². The number of hydrogen-bond acceptors (Lipinski definition) is 8. The predicted molar refractivity (Wildman–Crippen MR) is 126 cm³/mol. The Morgan fingerprint density at radius 3 is 2.74 bits per heavy atom. The van der Waals surface area contributed by atoms with Gasteiger partial charge in [0.1, 0.15) is 23.0 Å². The summed E-state index contributed by atoms with van der Waals surface area (Å²) in [6.07, 6.45) is 0.954. The lowest BCUT2D eigenvalue weighted by molar-refractivity contribution is -0.143. The first-order valence-corrected chi connectivity index (χ1v) is 12.0. The highest BCUT2D eigenvalue weighted by molar-refractivity contribution is 7.17. The molecule has 0 saturated carbocycles. The number of carbonyl (C=O) groups is 1. The Hall–Kier alpha value is -3.63. The molecule has 1 atom stereocenters. The number of ether oxygens (including phenoxy) is 2. The molecule has 0 spiro atoms. The molecule has 34 heavy (non-hydrogen) atoms. The van der Waals surface area contributed by atoms with Crippen LogP contribution in [0.1, 0.15) is 5.82 Å². The third-order valence-electron chi connectivity index (χ3n) is 6.12. The van der Waals surface area contributed by atoms with Crippen molar-refractivity contribution < 1.29 is 18.7 Å². The van der Waals surface area contributed by atoms with E-state index in [4.69, 9.17) is 13.9 Å². The Morgan fingerprint density at radius 2 is 1.94 bits per heavy atom. The lowest BCUT2D eigenvalue weighted by atomic mass is 10.2. The average molecular weight is 479 g/mol. The standard InChI is InChI=1S/C24H22N4O5S/c29-22-21-15(16-6-3-11-31-16)14-34-23(21)26-20(25-22)12-27-7-9-28(10-8-27)24(30)19-13-32-17-4-1-2-5-18(17)33-19/h1-6,11,14,19H,7-10,12-13H2,(H,25,26,29). The van der Waals surface area contributed by atoms with Crippen molar-refractivity contribution >= 4 is 27.5 Å². The monoisotopic (exact) mass is 478 g/mol. The maximum Gasteiger partial charge on any atom is 0.267 e. The molecular formula is C24H22N4O5S. The molecule has 6 rings (SSSR count). The van der Waals surface area contributed by atoms with Gasteiger partial charge in [0.2, 0.25) is 6.10 Å². The molecule has 3 aromatic heterocycles. The minimum Gasteiger partial charge on any atom is -0.485 e. The van der Waals surface area contributed by atoms with E-state index >= 15 is 0 Å². The fraction of sp³-hybridized carbons (Fsp3) is 0.292. The number of aromatic nitrogens is 2. The molecule has 0 bridgehead atoms. The van der Waals surface area contributed by atoms with Crippen molar-refractivity contribution in [2.24, 2.45) is 0 Å². The van der Waals surface area contributed by atoms with Crippen molar-refractivity contribution in [3.05, 3.63) is 64.2 Å². The van der Waals surface area contributed by atoms with Gasteiger partial charge in [-0.1, -0.05) is 12.1 Å². The van der Waals surface area contributed by atoms with Crippen LogP contribution < -0.4 is 15.0 Å². The number of piperazine rings is 1. The summed E-state index contributed by atoms with van der Waals surface area (Å²) in [5.74, 6) is 2.47. The lowest BCUT2D eigenvalue weighted by Crippen LogP contribution is -2.53. The molecule has 1 fully saturated rings. The number of fused-ring (bicyclic) bond motifs is 2. The molecule has 4 aromatic rings. The second kappa shape index (κ2) is 8.62. The fourth-order valence-electron chi connectivity index (χ4n) is 4.36. The van der Waals surface area contributed by atoms with Gasteiger partial charge in [0.25, 0.3) is 11.5 Å². The number of para-hydroxylation sites is 2. The van der Waals surface area contributed by atoms with Crippen molar-refractivity contribution in [2.75, 3.05) is 32.8 Å². The molecule has 174 valence electrons. The van der Waals surface area contributed by atoms with Crippen LogP contribution in [0.15, 0.2) is 57.3 Å². The number of amides is 1. The first-order valence-electron chi connectivity index (χ1n) is 11.1. The third kappa shape index (κ3) is 3.84. The van der Waals surface area contributed by atoms with Gasteiger partial charge in [-0.25, -0.2) is 4.98 Å². The van der Waals surface area contributed by atoms with Crippen molar-refractivity contribution in [1.82, 2.24) is 19.8 Å². The number of nitrogens with one attached hydrogen (secondary N) is 1. The Bertz CT molecular complexity index is 1390. The van der Waals surface area contributed by atoms with E-state index in [-0.39, 0.29) is 18.1 Å². The second-order valence-electron chi connectivity index (χ2n) is 8.29. The third-order valence-corrected chi connectivity index (χ3v) is 6.99. The lowest BCUT2D eigenvalue weighted by Gasteiger charge is -2.36. The molecule has 10 heteroatoms. The SMILES string of the molecule is O=C(C1COc2ccccc2O1)N1CCN(Cc2nc3scc(-c4ccco4)c3c(=O)[nH]2)CC1. The highest BCUT2D eigenvalue weighted by Crippen LogP contribution is 2.32. The summed E-state index contributed by atoms with van der Waals surface area (Å²) >= 11 is 1.43. The topological polar surface area (TPSA) is 101 Å². The Kier molecular flexibility index (Phi) is 5.31. The Balaban J connectivity index is 1.09. The van der Waals surface area contributed by atoms with Gasteiger partial charge < -0.3 is 23.8 Å². The van der Waals surface area contributed by atoms with Crippen molar-refractivity contribution in [1.29, 1.82) is 0 Å². The van der Waals surface area contributed by atoms with Gasteiger partial charge in [0.15, 0.2) is 11.5 Å². The highest BCUT2D eigenvalue weighted by Gasteiger charge is 2.32. The Morgan fingerprint density at radius 1 is 1.12 bits per heavy atom. The molecule has 1 saturated heterocycles. The Labute approximate surface area is 198 Å². The van der Waals surface area contributed by atoms with Crippen LogP contribution in [-0.2, 0) is 11.3 Å². The summed E-state index contributed by atoms with van der Waals surface area (Å²) in [6.45, 7) is 3.24. The zero-order chi connectivity index (χ0) is 23.1. The van der Waals surface area contributed by atoms with E-state index in [0.29, 0.717) is 66.0 Å². The molecule has 0 aliphatic carbocycles. The van der Waals surface area contributed by atoms with Gasteiger partial charge in [-0.2, -0.15) is 0 Å². The minimum atomic E-state index is -0.635. The van der Waals surface area contributed by atoms with Gasteiger partial charge in [-0.05, 0) is 24.3 Å². The number of nitrogens with zero attached hydrogens (tertiary/aromatic N) is 3. The van der Waals surface area contributed by atoms with Gasteiger partial charge in [-0.15, -0.1) is 11.3 Å². The summed E-state index contributed by atoms with van der Waals surface area (Å²) in [7, 11) is 0. The van der Waals surface area contributed by atoms with Crippen LogP contribution in [0, 0.1) is 0 Å². The van der Waals surface area contributed by atoms with E-state index in [0.717, 1.165) is 5.56 Å². The van der Waals surface area contributed by atoms with Gasteiger partial charge in [0.05, 0.1) is 18.2 Å². The van der Waals surface area contributed by atoms with Crippen molar-refractivity contribution in [3.63, 3.8) is 0 Å². The van der Waals surface area contributed by atoms with E-state index in [1.54, 1.807) is 12.3 Å². The van der Waals surface area contributed by atoms with E-state index in [2.05, 4.69) is 14.9 Å². The molecule has 1 unspecified atom stereocenters. The van der Waals surface area contributed by atoms with E-state index in [9.17, 15) is 9.59 Å². The zero-order valence-corrected chi connectivity index (χ0v) is 19.0. The molecule has 1 N–H and O–H groups in total. The van der Waals surface area contributed by atoms with Crippen LogP contribution in [0.4, 0.5) is 0 Å². The number of benzene rings is 1. The summed E-state index contributed by atoms with van der Waals surface area (Å²) in [5.41, 5.74) is 0.588. The number of thiophene rings is 1. The minimum absolute atomic E-state index is 0.0638. The number of hydrogen-bond donors (Lipinski definition) is 1. The van der Waals surface area contributed by atoms with Crippen molar-refractivity contribution in [3.8, 4) is 22.8 Å². The van der Waals surface area contributed by atoms with Gasteiger partial charge in [0, 0.05) is 37.1 Å². The molecule has 1 amide bonds.